The molecule has 0 aliphatic carbocycles. The first-order valence-electron chi connectivity index (χ1n) is 9.46. The van der Waals surface area contributed by atoms with Gasteiger partial charge in [0.2, 0.25) is 17.7 Å². The third-order valence-electron chi connectivity index (χ3n) is 4.62. The molecule has 30 heavy (non-hydrogen) atoms. The molecule has 0 spiro atoms. The maximum absolute atomic E-state index is 12.3. The molecule has 0 atom stereocenters. The Morgan fingerprint density at radius 1 is 1.03 bits per heavy atom. The van der Waals surface area contributed by atoms with Crippen LogP contribution in [0.15, 0.2) is 52.1 Å². The Morgan fingerprint density at radius 2 is 1.77 bits per heavy atom. The average Bonchev–Trinajstić information content (AvgIpc) is 3.19. The lowest BCUT2D eigenvalue weighted by Gasteiger charge is -2.16. The highest BCUT2D eigenvalue weighted by atomic mass is 32.2. The number of rotatable bonds is 7. The largest absolute Gasteiger partial charge is 0.411 e. The van der Waals surface area contributed by atoms with Gasteiger partial charge in [0.15, 0.2) is 0 Å². The van der Waals surface area contributed by atoms with E-state index in [4.69, 9.17) is 4.42 Å². The van der Waals surface area contributed by atoms with Gasteiger partial charge in [-0.1, -0.05) is 35.5 Å². The Morgan fingerprint density at radius 3 is 2.47 bits per heavy atom. The van der Waals surface area contributed by atoms with Crippen LogP contribution >= 0.6 is 11.8 Å². The first-order valence-corrected chi connectivity index (χ1v) is 10.4. The molecule has 7 nitrogen and oxygen atoms in total. The molecule has 1 N–H and O–H groups in total. The number of aromatic nitrogens is 2. The summed E-state index contributed by atoms with van der Waals surface area (Å²) in [4.78, 5) is 25.9. The van der Waals surface area contributed by atoms with Gasteiger partial charge >= 0.3 is 0 Å². The van der Waals surface area contributed by atoms with E-state index in [-0.39, 0.29) is 24.1 Å². The number of benzene rings is 2. The van der Waals surface area contributed by atoms with Crippen LogP contribution < -0.4 is 5.32 Å². The third kappa shape index (κ3) is 5.70. The number of carbonyl (C=O) groups is 2. The molecule has 8 heteroatoms. The van der Waals surface area contributed by atoms with Crippen molar-refractivity contribution in [3.05, 3.63) is 59.2 Å². The van der Waals surface area contributed by atoms with Crippen LogP contribution in [0.1, 0.15) is 16.7 Å². The Kier molecular flexibility index (Phi) is 6.89. The van der Waals surface area contributed by atoms with E-state index in [1.165, 1.54) is 10.5 Å². The van der Waals surface area contributed by atoms with Crippen molar-refractivity contribution in [3.63, 3.8) is 0 Å². The Bertz CT molecular complexity index is 1050. The first kappa shape index (κ1) is 21.6. The van der Waals surface area contributed by atoms with Gasteiger partial charge in [-0.05, 0) is 56.2 Å². The van der Waals surface area contributed by atoms with E-state index in [0.29, 0.717) is 16.8 Å². The number of likely N-dealkylation sites (N-methyl/N-ethyl adjacent to an activating group) is 1. The van der Waals surface area contributed by atoms with E-state index in [1.54, 1.807) is 7.05 Å². The van der Waals surface area contributed by atoms with Crippen molar-refractivity contribution in [1.29, 1.82) is 0 Å². The Labute approximate surface area is 179 Å². The van der Waals surface area contributed by atoms with Gasteiger partial charge < -0.3 is 14.6 Å². The zero-order chi connectivity index (χ0) is 21.7. The molecule has 1 aromatic heterocycles. The molecule has 0 fully saturated rings. The molecular weight excluding hydrogens is 400 g/mol. The number of thioether (sulfide) groups is 1. The SMILES string of the molecule is Cc1ccc(NC(=O)CN(C)C(=O)CSc2nnc(-c3ccc(C)c(C)c3)o2)cc1. The minimum absolute atomic E-state index is 0.0367. The summed E-state index contributed by atoms with van der Waals surface area (Å²) in [6.07, 6.45) is 0. The van der Waals surface area contributed by atoms with Crippen LogP contribution in [0.25, 0.3) is 11.5 Å². The zero-order valence-electron chi connectivity index (χ0n) is 17.4. The van der Waals surface area contributed by atoms with Gasteiger partial charge in [0.05, 0.1) is 12.3 Å². The van der Waals surface area contributed by atoms with Crippen LogP contribution in [0.3, 0.4) is 0 Å². The van der Waals surface area contributed by atoms with Crippen molar-refractivity contribution in [3.8, 4) is 11.5 Å². The van der Waals surface area contributed by atoms with E-state index in [9.17, 15) is 9.59 Å². The third-order valence-corrected chi connectivity index (χ3v) is 5.42. The lowest BCUT2D eigenvalue weighted by molar-refractivity contribution is -0.131. The van der Waals surface area contributed by atoms with Crippen molar-refractivity contribution in [2.75, 3.05) is 24.7 Å². The van der Waals surface area contributed by atoms with Crippen LogP contribution in [0.4, 0.5) is 5.69 Å². The highest BCUT2D eigenvalue weighted by molar-refractivity contribution is 7.99. The molecule has 1 heterocycles. The van der Waals surface area contributed by atoms with E-state index < -0.39 is 0 Å². The predicted molar refractivity (Wildman–Crippen MR) is 117 cm³/mol. The highest BCUT2D eigenvalue weighted by Crippen LogP contribution is 2.25. The zero-order valence-corrected chi connectivity index (χ0v) is 18.2. The molecule has 3 aromatic rings. The van der Waals surface area contributed by atoms with Gasteiger partial charge in [0.1, 0.15) is 0 Å². The monoisotopic (exact) mass is 424 g/mol. The van der Waals surface area contributed by atoms with Gasteiger partial charge in [-0.25, -0.2) is 0 Å². The van der Waals surface area contributed by atoms with E-state index in [0.717, 1.165) is 28.5 Å². The number of nitrogens with zero attached hydrogens (tertiary/aromatic N) is 3. The summed E-state index contributed by atoms with van der Waals surface area (Å²) in [5, 5.41) is 11.1. The van der Waals surface area contributed by atoms with Crippen molar-refractivity contribution >= 4 is 29.3 Å². The molecule has 2 aromatic carbocycles. The van der Waals surface area contributed by atoms with E-state index >= 15 is 0 Å². The van der Waals surface area contributed by atoms with Gasteiger partial charge in [0, 0.05) is 18.3 Å². The van der Waals surface area contributed by atoms with Crippen molar-refractivity contribution in [1.82, 2.24) is 15.1 Å². The number of anilines is 1. The summed E-state index contributed by atoms with van der Waals surface area (Å²) >= 11 is 1.15. The minimum Gasteiger partial charge on any atom is -0.411 e. The Hall–Kier alpha value is -3.13. The van der Waals surface area contributed by atoms with Gasteiger partial charge in [-0.15, -0.1) is 10.2 Å². The number of carbonyl (C=O) groups excluding carboxylic acids is 2. The summed E-state index contributed by atoms with van der Waals surface area (Å²) in [5.74, 6) is 0.0569. The molecular formula is C22H24N4O3S. The molecule has 3 rings (SSSR count). The predicted octanol–water partition coefficient (Wildman–Crippen LogP) is 3.85. The van der Waals surface area contributed by atoms with Gasteiger partial charge in [0.25, 0.3) is 5.22 Å². The van der Waals surface area contributed by atoms with Crippen molar-refractivity contribution in [2.45, 2.75) is 26.0 Å². The molecule has 0 saturated heterocycles. The second-order valence-corrected chi connectivity index (χ2v) is 8.05. The normalized spacial score (nSPS) is 10.7. The lowest BCUT2D eigenvalue weighted by Crippen LogP contribution is -2.35. The summed E-state index contributed by atoms with van der Waals surface area (Å²) < 4.78 is 5.66. The number of aryl methyl sites for hydroxylation is 3. The van der Waals surface area contributed by atoms with Crippen LogP contribution in [-0.4, -0.2) is 46.3 Å². The molecule has 2 amide bonds. The molecule has 0 bridgehead atoms. The van der Waals surface area contributed by atoms with Crippen LogP contribution in [0, 0.1) is 20.8 Å². The summed E-state index contributed by atoms with van der Waals surface area (Å²) in [5.41, 5.74) is 4.98. The number of hydrogen-bond donors (Lipinski definition) is 1. The maximum Gasteiger partial charge on any atom is 0.277 e. The molecule has 0 saturated carbocycles. The number of hydrogen-bond acceptors (Lipinski definition) is 6. The standard InChI is InChI=1S/C22H24N4O3S/c1-14-5-9-18(10-6-14)23-19(27)12-26(4)20(28)13-30-22-25-24-21(29-22)17-8-7-15(2)16(3)11-17/h5-11H,12-13H2,1-4H3,(H,23,27). The summed E-state index contributed by atoms with van der Waals surface area (Å²) in [6.45, 7) is 6.00. The second-order valence-electron chi connectivity index (χ2n) is 7.12. The molecule has 0 radical (unpaired) electrons. The summed E-state index contributed by atoms with van der Waals surface area (Å²) in [6, 6.07) is 13.4. The quantitative estimate of drug-likeness (QED) is 0.580. The highest BCUT2D eigenvalue weighted by Gasteiger charge is 2.16. The van der Waals surface area contributed by atoms with E-state index in [2.05, 4.69) is 15.5 Å². The van der Waals surface area contributed by atoms with Gasteiger partial charge in [-0.2, -0.15) is 0 Å². The van der Waals surface area contributed by atoms with Gasteiger partial charge in [-0.3, -0.25) is 9.59 Å². The molecule has 156 valence electrons. The van der Waals surface area contributed by atoms with E-state index in [1.807, 2.05) is 63.2 Å². The molecule has 0 aliphatic rings. The minimum atomic E-state index is -0.255. The summed E-state index contributed by atoms with van der Waals surface area (Å²) in [7, 11) is 1.59. The average molecular weight is 425 g/mol. The fraction of sp³-hybridized carbons (Fsp3) is 0.273. The number of nitrogens with one attached hydrogen (secondary N) is 1. The van der Waals surface area contributed by atoms with Crippen molar-refractivity contribution < 1.29 is 14.0 Å². The van der Waals surface area contributed by atoms with Crippen molar-refractivity contribution in [2.24, 2.45) is 0 Å². The lowest BCUT2D eigenvalue weighted by atomic mass is 10.1. The smallest absolute Gasteiger partial charge is 0.277 e. The molecule has 0 unspecified atom stereocenters. The second kappa shape index (κ2) is 9.58. The first-order chi connectivity index (χ1) is 14.3. The fourth-order valence-corrected chi connectivity index (χ4v) is 3.34. The molecule has 0 aliphatic heterocycles. The Balaban J connectivity index is 1.50. The number of amides is 2. The van der Waals surface area contributed by atoms with Crippen LogP contribution in [-0.2, 0) is 9.59 Å². The van der Waals surface area contributed by atoms with Crippen LogP contribution in [0.5, 0.6) is 0 Å². The van der Waals surface area contributed by atoms with Crippen LogP contribution in [0.2, 0.25) is 0 Å². The fourth-order valence-electron chi connectivity index (χ4n) is 2.63. The maximum atomic E-state index is 12.3. The topological polar surface area (TPSA) is 88.3 Å².